The number of carbonyl (C=O) groups excluding carboxylic acids is 1. The monoisotopic (exact) mass is 354 g/mol. The summed E-state index contributed by atoms with van der Waals surface area (Å²) in [7, 11) is -3.61. The molecule has 0 aliphatic carbocycles. The summed E-state index contributed by atoms with van der Waals surface area (Å²) in [6, 6.07) is 7.66. The SMILES string of the molecule is CC(C)(C)c1ccc(OCC(=O)N2CCC[C@H](S(N)(=O)=O)C2)cc1. The molecule has 2 N–H and O–H groups in total. The summed E-state index contributed by atoms with van der Waals surface area (Å²) in [4.78, 5) is 13.8. The summed E-state index contributed by atoms with van der Waals surface area (Å²) in [5.41, 5.74) is 1.25. The van der Waals surface area contributed by atoms with Crippen LogP contribution in [-0.2, 0) is 20.2 Å². The van der Waals surface area contributed by atoms with E-state index in [9.17, 15) is 13.2 Å². The number of hydrogen-bond donors (Lipinski definition) is 1. The number of nitrogens with zero attached hydrogens (tertiary/aromatic N) is 1. The molecule has 1 heterocycles. The molecule has 134 valence electrons. The fourth-order valence-electron chi connectivity index (χ4n) is 2.72. The second-order valence-electron chi connectivity index (χ2n) is 7.26. The second-order valence-corrected chi connectivity index (χ2v) is 9.10. The van der Waals surface area contributed by atoms with E-state index in [1.807, 2.05) is 24.3 Å². The van der Waals surface area contributed by atoms with E-state index in [4.69, 9.17) is 9.88 Å². The van der Waals surface area contributed by atoms with Crippen LogP contribution in [0.3, 0.4) is 0 Å². The number of ether oxygens (including phenoxy) is 1. The number of primary sulfonamides is 1. The number of benzene rings is 1. The Morgan fingerprint density at radius 1 is 1.29 bits per heavy atom. The molecule has 1 amide bonds. The lowest BCUT2D eigenvalue weighted by Gasteiger charge is -2.31. The van der Waals surface area contributed by atoms with Crippen LogP contribution in [0.2, 0.25) is 0 Å². The average Bonchev–Trinajstić information content (AvgIpc) is 2.51. The zero-order valence-electron chi connectivity index (χ0n) is 14.5. The first-order valence-corrected chi connectivity index (χ1v) is 9.71. The lowest BCUT2D eigenvalue weighted by molar-refractivity contribution is -0.134. The number of hydrogen-bond acceptors (Lipinski definition) is 4. The van der Waals surface area contributed by atoms with Gasteiger partial charge in [-0.15, -0.1) is 0 Å². The molecule has 0 spiro atoms. The predicted molar refractivity (Wildman–Crippen MR) is 93.3 cm³/mol. The molecule has 1 saturated heterocycles. The first kappa shape index (κ1) is 18.7. The predicted octanol–water partition coefficient (Wildman–Crippen LogP) is 1.64. The lowest BCUT2D eigenvalue weighted by Crippen LogP contribution is -2.48. The van der Waals surface area contributed by atoms with Gasteiger partial charge >= 0.3 is 0 Å². The van der Waals surface area contributed by atoms with Gasteiger partial charge in [0, 0.05) is 13.1 Å². The molecule has 0 saturated carbocycles. The minimum atomic E-state index is -3.61. The maximum atomic E-state index is 12.2. The van der Waals surface area contributed by atoms with Crippen molar-refractivity contribution in [1.82, 2.24) is 4.90 Å². The zero-order valence-corrected chi connectivity index (χ0v) is 15.3. The summed E-state index contributed by atoms with van der Waals surface area (Å²) in [6.07, 6.45) is 1.13. The maximum absolute atomic E-state index is 12.2. The van der Waals surface area contributed by atoms with E-state index in [-0.39, 0.29) is 24.5 Å². The van der Waals surface area contributed by atoms with Crippen molar-refractivity contribution < 1.29 is 17.9 Å². The molecule has 0 aromatic heterocycles. The number of carbonyl (C=O) groups is 1. The van der Waals surface area contributed by atoms with E-state index < -0.39 is 15.3 Å². The first-order valence-electron chi connectivity index (χ1n) is 8.10. The topological polar surface area (TPSA) is 89.7 Å². The third-order valence-electron chi connectivity index (χ3n) is 4.28. The van der Waals surface area contributed by atoms with Crippen LogP contribution in [-0.4, -0.2) is 44.2 Å². The Morgan fingerprint density at radius 2 is 1.92 bits per heavy atom. The van der Waals surface area contributed by atoms with Gasteiger partial charge in [-0.3, -0.25) is 4.79 Å². The first-order chi connectivity index (χ1) is 11.1. The summed E-state index contributed by atoms with van der Waals surface area (Å²) < 4.78 is 28.4. The molecule has 0 unspecified atom stereocenters. The van der Waals surface area contributed by atoms with Crippen LogP contribution >= 0.6 is 0 Å². The molecule has 1 aromatic rings. The maximum Gasteiger partial charge on any atom is 0.260 e. The number of nitrogens with two attached hydrogens (primary N) is 1. The van der Waals surface area contributed by atoms with Gasteiger partial charge in [-0.05, 0) is 36.0 Å². The van der Waals surface area contributed by atoms with E-state index in [1.54, 1.807) is 0 Å². The van der Waals surface area contributed by atoms with E-state index in [0.717, 1.165) is 0 Å². The van der Waals surface area contributed by atoms with Crippen molar-refractivity contribution in [2.45, 2.75) is 44.3 Å². The quantitative estimate of drug-likeness (QED) is 0.890. The van der Waals surface area contributed by atoms with Crippen molar-refractivity contribution in [1.29, 1.82) is 0 Å². The summed E-state index contributed by atoms with van der Waals surface area (Å²) in [5, 5.41) is 4.51. The fraction of sp³-hybridized carbons (Fsp3) is 0.588. The molecule has 2 rings (SSSR count). The fourth-order valence-corrected chi connectivity index (χ4v) is 3.60. The van der Waals surface area contributed by atoms with Gasteiger partial charge in [-0.25, -0.2) is 13.6 Å². The molecular formula is C17H26N2O4S. The van der Waals surface area contributed by atoms with E-state index in [1.165, 1.54) is 10.5 Å². The van der Waals surface area contributed by atoms with E-state index in [2.05, 4.69) is 20.8 Å². The van der Waals surface area contributed by atoms with Crippen LogP contribution in [0, 0.1) is 0 Å². The Hall–Kier alpha value is -1.60. The highest BCUT2D eigenvalue weighted by Crippen LogP contribution is 2.24. The smallest absolute Gasteiger partial charge is 0.260 e. The van der Waals surface area contributed by atoms with Gasteiger partial charge in [0.2, 0.25) is 10.0 Å². The number of amides is 1. The Labute approximate surface area is 144 Å². The van der Waals surface area contributed by atoms with Crippen molar-refractivity contribution in [2.75, 3.05) is 19.7 Å². The molecular weight excluding hydrogens is 328 g/mol. The van der Waals surface area contributed by atoms with Gasteiger partial charge < -0.3 is 9.64 Å². The Bertz CT molecular complexity index is 678. The van der Waals surface area contributed by atoms with Crippen LogP contribution < -0.4 is 9.88 Å². The van der Waals surface area contributed by atoms with Crippen molar-refractivity contribution >= 4 is 15.9 Å². The van der Waals surface area contributed by atoms with Crippen LogP contribution in [0.4, 0.5) is 0 Å². The van der Waals surface area contributed by atoms with Gasteiger partial charge in [0.25, 0.3) is 5.91 Å². The molecule has 1 aromatic carbocycles. The van der Waals surface area contributed by atoms with Crippen molar-refractivity contribution in [3.8, 4) is 5.75 Å². The third-order valence-corrected chi connectivity index (χ3v) is 5.59. The summed E-state index contributed by atoms with van der Waals surface area (Å²) in [6.45, 7) is 6.97. The van der Waals surface area contributed by atoms with Crippen molar-refractivity contribution in [3.05, 3.63) is 29.8 Å². The highest BCUT2D eigenvalue weighted by Gasteiger charge is 2.30. The van der Waals surface area contributed by atoms with Crippen molar-refractivity contribution in [3.63, 3.8) is 0 Å². The molecule has 1 atom stereocenters. The largest absolute Gasteiger partial charge is 0.484 e. The Morgan fingerprint density at radius 3 is 2.46 bits per heavy atom. The van der Waals surface area contributed by atoms with Gasteiger partial charge in [-0.2, -0.15) is 0 Å². The molecule has 0 bridgehead atoms. The molecule has 24 heavy (non-hydrogen) atoms. The molecule has 0 radical (unpaired) electrons. The lowest BCUT2D eigenvalue weighted by atomic mass is 9.87. The van der Waals surface area contributed by atoms with Gasteiger partial charge in [0.15, 0.2) is 6.61 Å². The van der Waals surface area contributed by atoms with Crippen LogP contribution in [0.25, 0.3) is 0 Å². The number of likely N-dealkylation sites (tertiary alicyclic amines) is 1. The molecule has 6 nitrogen and oxygen atoms in total. The third kappa shape index (κ3) is 4.95. The van der Waals surface area contributed by atoms with Crippen LogP contribution in [0.15, 0.2) is 24.3 Å². The summed E-state index contributed by atoms with van der Waals surface area (Å²) >= 11 is 0. The molecule has 7 heteroatoms. The van der Waals surface area contributed by atoms with Crippen LogP contribution in [0.1, 0.15) is 39.2 Å². The Balaban J connectivity index is 1.91. The normalized spacial score (nSPS) is 19.2. The highest BCUT2D eigenvalue weighted by molar-refractivity contribution is 7.89. The van der Waals surface area contributed by atoms with Gasteiger partial charge in [0.05, 0.1) is 5.25 Å². The zero-order chi connectivity index (χ0) is 18.0. The Kier molecular flexibility index (Phi) is 5.55. The number of sulfonamides is 1. The summed E-state index contributed by atoms with van der Waals surface area (Å²) in [5.74, 6) is 0.402. The molecule has 1 fully saturated rings. The molecule has 1 aliphatic rings. The number of piperidine rings is 1. The second kappa shape index (κ2) is 7.11. The van der Waals surface area contributed by atoms with Gasteiger partial charge in [0.1, 0.15) is 5.75 Å². The minimum Gasteiger partial charge on any atom is -0.484 e. The van der Waals surface area contributed by atoms with E-state index >= 15 is 0 Å². The van der Waals surface area contributed by atoms with E-state index in [0.29, 0.717) is 25.1 Å². The number of rotatable bonds is 4. The van der Waals surface area contributed by atoms with Gasteiger partial charge in [-0.1, -0.05) is 32.9 Å². The standard InChI is InChI=1S/C17H26N2O4S/c1-17(2,3)13-6-8-14(9-7-13)23-12-16(20)19-10-4-5-15(11-19)24(18,21)22/h6-9,15H,4-5,10-12H2,1-3H3,(H2,18,21,22)/t15-/m0/s1. The van der Waals surface area contributed by atoms with Crippen LogP contribution in [0.5, 0.6) is 5.75 Å². The van der Waals surface area contributed by atoms with Crippen molar-refractivity contribution in [2.24, 2.45) is 5.14 Å². The highest BCUT2D eigenvalue weighted by atomic mass is 32.2. The molecule has 1 aliphatic heterocycles. The minimum absolute atomic E-state index is 0.0604. The average molecular weight is 354 g/mol.